The first kappa shape index (κ1) is 13.6. The number of ether oxygens (including phenoxy) is 1. The molecule has 0 spiro atoms. The highest BCUT2D eigenvalue weighted by atomic mass is 79.9. The standard InChI is InChI=1S/C15H10BrNO4/c1-20-12-5-3-8(6-10(12)16)14-17-11-4-2-9(15(18)19)7-13(11)21-14/h2-7H,1H3,(H,18,19). The molecular formula is C15H10BrNO4. The molecule has 21 heavy (non-hydrogen) atoms. The summed E-state index contributed by atoms with van der Waals surface area (Å²) in [6, 6.07) is 10.1. The van der Waals surface area contributed by atoms with Gasteiger partial charge in [0.1, 0.15) is 11.3 Å². The second-order valence-electron chi connectivity index (χ2n) is 4.36. The Morgan fingerprint density at radius 2 is 2.10 bits per heavy atom. The highest BCUT2D eigenvalue weighted by Crippen LogP contribution is 2.31. The monoisotopic (exact) mass is 347 g/mol. The first-order valence-corrected chi connectivity index (χ1v) is 6.85. The van der Waals surface area contributed by atoms with Crippen LogP contribution in [0.4, 0.5) is 0 Å². The van der Waals surface area contributed by atoms with Crippen molar-refractivity contribution in [3.05, 3.63) is 46.4 Å². The topological polar surface area (TPSA) is 72.6 Å². The van der Waals surface area contributed by atoms with Gasteiger partial charge in [0.2, 0.25) is 5.89 Å². The smallest absolute Gasteiger partial charge is 0.335 e. The molecule has 0 aliphatic rings. The number of aromatic carboxylic acids is 1. The molecule has 0 radical (unpaired) electrons. The second-order valence-corrected chi connectivity index (χ2v) is 5.21. The highest BCUT2D eigenvalue weighted by molar-refractivity contribution is 9.10. The summed E-state index contributed by atoms with van der Waals surface area (Å²) >= 11 is 3.41. The van der Waals surface area contributed by atoms with E-state index in [4.69, 9.17) is 14.3 Å². The third kappa shape index (κ3) is 2.50. The Morgan fingerprint density at radius 3 is 2.76 bits per heavy atom. The van der Waals surface area contributed by atoms with Crippen LogP contribution < -0.4 is 4.74 Å². The number of methoxy groups -OCH3 is 1. The summed E-state index contributed by atoms with van der Waals surface area (Å²) in [6.45, 7) is 0. The first-order valence-electron chi connectivity index (χ1n) is 6.06. The van der Waals surface area contributed by atoms with Crippen molar-refractivity contribution >= 4 is 33.0 Å². The van der Waals surface area contributed by atoms with Crippen molar-refractivity contribution in [2.45, 2.75) is 0 Å². The number of nitrogens with zero attached hydrogens (tertiary/aromatic N) is 1. The fourth-order valence-electron chi connectivity index (χ4n) is 1.98. The molecule has 0 aliphatic heterocycles. The third-order valence-electron chi connectivity index (χ3n) is 3.03. The average Bonchev–Trinajstić information content (AvgIpc) is 2.89. The van der Waals surface area contributed by atoms with Crippen LogP contribution >= 0.6 is 15.9 Å². The number of carbonyl (C=O) groups is 1. The predicted molar refractivity (Wildman–Crippen MR) is 80.7 cm³/mol. The quantitative estimate of drug-likeness (QED) is 0.776. The lowest BCUT2D eigenvalue weighted by molar-refractivity contribution is 0.0697. The first-order chi connectivity index (χ1) is 10.1. The van der Waals surface area contributed by atoms with Crippen molar-refractivity contribution in [3.8, 4) is 17.2 Å². The van der Waals surface area contributed by atoms with E-state index in [1.54, 1.807) is 19.2 Å². The molecule has 3 aromatic rings. The molecule has 1 aromatic heterocycles. The molecule has 0 atom stereocenters. The van der Waals surface area contributed by atoms with Crippen LogP contribution in [0, 0.1) is 0 Å². The van der Waals surface area contributed by atoms with Gasteiger partial charge in [0.15, 0.2) is 5.58 Å². The highest BCUT2D eigenvalue weighted by Gasteiger charge is 2.12. The van der Waals surface area contributed by atoms with Gasteiger partial charge in [0.05, 0.1) is 17.1 Å². The van der Waals surface area contributed by atoms with Gasteiger partial charge in [-0.1, -0.05) is 0 Å². The van der Waals surface area contributed by atoms with Gasteiger partial charge in [-0.3, -0.25) is 0 Å². The lowest BCUT2D eigenvalue weighted by Crippen LogP contribution is -1.94. The van der Waals surface area contributed by atoms with Crippen molar-refractivity contribution in [1.82, 2.24) is 4.98 Å². The van der Waals surface area contributed by atoms with Crippen molar-refractivity contribution < 1.29 is 19.1 Å². The zero-order valence-corrected chi connectivity index (χ0v) is 12.5. The molecule has 3 rings (SSSR count). The maximum atomic E-state index is 11.0. The van der Waals surface area contributed by atoms with Crippen LogP contribution in [-0.2, 0) is 0 Å². The van der Waals surface area contributed by atoms with E-state index >= 15 is 0 Å². The molecule has 0 amide bonds. The van der Waals surface area contributed by atoms with E-state index in [9.17, 15) is 4.79 Å². The summed E-state index contributed by atoms with van der Waals surface area (Å²) in [5.74, 6) is 0.140. The van der Waals surface area contributed by atoms with Crippen molar-refractivity contribution in [2.75, 3.05) is 7.11 Å². The molecule has 2 aromatic carbocycles. The normalized spacial score (nSPS) is 10.8. The van der Waals surface area contributed by atoms with E-state index in [1.807, 2.05) is 12.1 Å². The number of carboxylic acids is 1. The van der Waals surface area contributed by atoms with E-state index in [0.717, 1.165) is 10.0 Å². The zero-order chi connectivity index (χ0) is 15.0. The summed E-state index contributed by atoms with van der Waals surface area (Å²) in [5.41, 5.74) is 2.00. The Balaban J connectivity index is 2.08. The van der Waals surface area contributed by atoms with Gasteiger partial charge in [-0.2, -0.15) is 0 Å². The number of hydrogen-bond donors (Lipinski definition) is 1. The molecule has 6 heteroatoms. The Labute approximate surface area is 128 Å². The molecule has 5 nitrogen and oxygen atoms in total. The molecular weight excluding hydrogens is 338 g/mol. The predicted octanol–water partition coefficient (Wildman–Crippen LogP) is 3.96. The maximum absolute atomic E-state index is 11.0. The minimum Gasteiger partial charge on any atom is -0.496 e. The Bertz CT molecular complexity index is 841. The lowest BCUT2D eigenvalue weighted by atomic mass is 10.2. The van der Waals surface area contributed by atoms with Crippen LogP contribution in [-0.4, -0.2) is 23.2 Å². The second kappa shape index (κ2) is 5.21. The number of oxazole rings is 1. The minimum absolute atomic E-state index is 0.168. The minimum atomic E-state index is -0.998. The Kier molecular flexibility index (Phi) is 3.39. The molecule has 1 N–H and O–H groups in total. The molecule has 0 unspecified atom stereocenters. The number of aromatic nitrogens is 1. The Hall–Kier alpha value is -2.34. The molecule has 1 heterocycles. The summed E-state index contributed by atoms with van der Waals surface area (Å²) < 4.78 is 11.6. The molecule has 0 aliphatic carbocycles. The largest absolute Gasteiger partial charge is 0.496 e. The van der Waals surface area contributed by atoms with Gasteiger partial charge >= 0.3 is 5.97 Å². The van der Waals surface area contributed by atoms with Gasteiger partial charge in [0, 0.05) is 5.56 Å². The van der Waals surface area contributed by atoms with E-state index in [1.165, 1.54) is 12.1 Å². The van der Waals surface area contributed by atoms with Gasteiger partial charge in [-0.15, -0.1) is 0 Å². The number of rotatable bonds is 3. The lowest BCUT2D eigenvalue weighted by Gasteiger charge is -2.03. The van der Waals surface area contributed by atoms with Crippen LogP contribution in [0.5, 0.6) is 5.75 Å². The van der Waals surface area contributed by atoms with Crippen LogP contribution in [0.25, 0.3) is 22.6 Å². The van der Waals surface area contributed by atoms with E-state index in [-0.39, 0.29) is 5.56 Å². The van der Waals surface area contributed by atoms with Crippen molar-refractivity contribution in [1.29, 1.82) is 0 Å². The number of benzene rings is 2. The zero-order valence-electron chi connectivity index (χ0n) is 11.0. The Morgan fingerprint density at radius 1 is 1.29 bits per heavy atom. The van der Waals surface area contributed by atoms with Crippen LogP contribution in [0.15, 0.2) is 45.3 Å². The van der Waals surface area contributed by atoms with Crippen LogP contribution in [0.1, 0.15) is 10.4 Å². The van der Waals surface area contributed by atoms with Crippen LogP contribution in [0.3, 0.4) is 0 Å². The number of carboxylic acid groups (broad SMARTS) is 1. The molecule has 0 saturated heterocycles. The van der Waals surface area contributed by atoms with E-state index in [0.29, 0.717) is 22.7 Å². The van der Waals surface area contributed by atoms with Gasteiger partial charge in [-0.05, 0) is 52.3 Å². The van der Waals surface area contributed by atoms with Gasteiger partial charge < -0.3 is 14.3 Å². The number of halogens is 1. The SMILES string of the molecule is COc1ccc(-c2nc3ccc(C(=O)O)cc3o2)cc1Br. The molecule has 106 valence electrons. The summed E-state index contributed by atoms with van der Waals surface area (Å²) in [6.07, 6.45) is 0. The summed E-state index contributed by atoms with van der Waals surface area (Å²) in [5, 5.41) is 8.98. The van der Waals surface area contributed by atoms with Crippen molar-refractivity contribution in [2.24, 2.45) is 0 Å². The van der Waals surface area contributed by atoms with Crippen LogP contribution in [0.2, 0.25) is 0 Å². The maximum Gasteiger partial charge on any atom is 0.335 e. The third-order valence-corrected chi connectivity index (χ3v) is 3.65. The van der Waals surface area contributed by atoms with Gasteiger partial charge in [0.25, 0.3) is 0 Å². The van der Waals surface area contributed by atoms with Crippen molar-refractivity contribution in [3.63, 3.8) is 0 Å². The van der Waals surface area contributed by atoms with E-state index in [2.05, 4.69) is 20.9 Å². The van der Waals surface area contributed by atoms with Gasteiger partial charge in [-0.25, -0.2) is 9.78 Å². The fourth-order valence-corrected chi connectivity index (χ4v) is 2.52. The molecule has 0 bridgehead atoms. The van der Waals surface area contributed by atoms with E-state index < -0.39 is 5.97 Å². The summed E-state index contributed by atoms with van der Waals surface area (Å²) in [7, 11) is 1.59. The summed E-state index contributed by atoms with van der Waals surface area (Å²) in [4.78, 5) is 15.3. The molecule has 0 saturated carbocycles. The number of fused-ring (bicyclic) bond motifs is 1. The number of hydrogen-bond acceptors (Lipinski definition) is 4. The molecule has 0 fully saturated rings. The fraction of sp³-hybridized carbons (Fsp3) is 0.0667. The average molecular weight is 348 g/mol.